The molecule has 3 unspecified atom stereocenters. The summed E-state index contributed by atoms with van der Waals surface area (Å²) in [5.74, 6) is 1.71. The fraction of sp³-hybridized carbons (Fsp3) is 0.750. The molecule has 2 aliphatic rings. The minimum absolute atomic E-state index is 0.536. The highest BCUT2D eigenvalue weighted by molar-refractivity contribution is 8.05. The number of thioether (sulfide) groups is 1. The third kappa shape index (κ3) is 0.638. The Labute approximate surface area is 66.1 Å². The summed E-state index contributed by atoms with van der Waals surface area (Å²) in [6.07, 6.45) is 2.36. The van der Waals surface area contributed by atoms with E-state index in [1.165, 1.54) is 4.91 Å². The van der Waals surface area contributed by atoms with Crippen LogP contribution >= 0.6 is 11.8 Å². The highest BCUT2D eigenvalue weighted by Crippen LogP contribution is 2.66. The molecule has 2 heteroatoms. The molecule has 1 fully saturated rings. The Morgan fingerprint density at radius 3 is 2.90 bits per heavy atom. The molecule has 0 saturated heterocycles. The number of fused-ring (bicyclic) bond motifs is 1. The molecule has 0 amide bonds. The van der Waals surface area contributed by atoms with E-state index in [2.05, 4.69) is 19.9 Å². The average molecular weight is 155 g/mol. The van der Waals surface area contributed by atoms with Gasteiger partial charge in [0.2, 0.25) is 0 Å². The second kappa shape index (κ2) is 1.80. The molecule has 10 heavy (non-hydrogen) atoms. The number of allylic oxidation sites excluding steroid dienone is 1. The van der Waals surface area contributed by atoms with E-state index in [4.69, 9.17) is 5.73 Å². The maximum atomic E-state index is 5.53. The Morgan fingerprint density at radius 1 is 1.80 bits per heavy atom. The molecule has 2 rings (SSSR count). The van der Waals surface area contributed by atoms with Crippen molar-refractivity contribution in [3.8, 4) is 0 Å². The third-order valence-corrected chi connectivity index (χ3v) is 4.56. The molecule has 3 atom stereocenters. The largest absolute Gasteiger partial charge is 0.326 e. The lowest BCUT2D eigenvalue weighted by molar-refractivity contribution is 0.865. The second-order valence-corrected chi connectivity index (χ2v) is 5.05. The van der Waals surface area contributed by atoms with E-state index in [-0.39, 0.29) is 0 Å². The van der Waals surface area contributed by atoms with Crippen LogP contribution in [-0.2, 0) is 0 Å². The van der Waals surface area contributed by atoms with E-state index in [9.17, 15) is 0 Å². The summed E-state index contributed by atoms with van der Waals surface area (Å²) in [6.45, 7) is 5.40. The predicted octanol–water partition coefficient (Wildman–Crippen LogP) is 1.60. The van der Waals surface area contributed by atoms with Gasteiger partial charge in [0.15, 0.2) is 0 Å². The van der Waals surface area contributed by atoms with Crippen molar-refractivity contribution in [3.05, 3.63) is 11.0 Å². The molecule has 56 valence electrons. The fourth-order valence-corrected chi connectivity index (χ4v) is 3.37. The number of hydrogen-bond donors (Lipinski definition) is 1. The Balaban J connectivity index is 2.14. The quantitative estimate of drug-likeness (QED) is 0.622. The molecule has 1 aliphatic carbocycles. The van der Waals surface area contributed by atoms with Gasteiger partial charge in [-0.25, -0.2) is 0 Å². The SMILES string of the molecule is CC1C2C=C(CN)SC12C. The second-order valence-electron chi connectivity index (χ2n) is 3.44. The Kier molecular flexibility index (Phi) is 1.21. The van der Waals surface area contributed by atoms with Crippen LogP contribution in [0, 0.1) is 11.8 Å². The van der Waals surface area contributed by atoms with Crippen molar-refractivity contribution in [2.45, 2.75) is 18.6 Å². The molecular formula is C8H13NS. The van der Waals surface area contributed by atoms with Crippen molar-refractivity contribution >= 4 is 11.8 Å². The topological polar surface area (TPSA) is 26.0 Å². The van der Waals surface area contributed by atoms with E-state index in [1.807, 2.05) is 11.8 Å². The normalized spacial score (nSPS) is 50.5. The zero-order chi connectivity index (χ0) is 7.35. The molecular weight excluding hydrogens is 142 g/mol. The number of rotatable bonds is 1. The average Bonchev–Trinajstić information content (AvgIpc) is 2.29. The summed E-state index contributed by atoms with van der Waals surface area (Å²) < 4.78 is 0.536. The molecule has 1 aliphatic heterocycles. The maximum Gasteiger partial charge on any atom is 0.0273 e. The lowest BCUT2D eigenvalue weighted by Gasteiger charge is -2.06. The van der Waals surface area contributed by atoms with E-state index < -0.39 is 0 Å². The van der Waals surface area contributed by atoms with Crippen LogP contribution in [0.3, 0.4) is 0 Å². The highest BCUT2D eigenvalue weighted by atomic mass is 32.2. The first kappa shape index (κ1) is 6.74. The summed E-state index contributed by atoms with van der Waals surface area (Å²) in [5.41, 5.74) is 5.53. The summed E-state index contributed by atoms with van der Waals surface area (Å²) in [6, 6.07) is 0. The first-order chi connectivity index (χ1) is 4.68. The van der Waals surface area contributed by atoms with Gasteiger partial charge in [-0.15, -0.1) is 11.8 Å². The van der Waals surface area contributed by atoms with Crippen molar-refractivity contribution in [3.63, 3.8) is 0 Å². The summed E-state index contributed by atoms with van der Waals surface area (Å²) in [7, 11) is 0. The number of nitrogens with two attached hydrogens (primary N) is 1. The molecule has 2 N–H and O–H groups in total. The van der Waals surface area contributed by atoms with E-state index >= 15 is 0 Å². The van der Waals surface area contributed by atoms with Crippen LogP contribution in [0.2, 0.25) is 0 Å². The van der Waals surface area contributed by atoms with Crippen molar-refractivity contribution in [2.24, 2.45) is 17.6 Å². The molecule has 0 radical (unpaired) electrons. The van der Waals surface area contributed by atoms with Crippen LogP contribution in [0.4, 0.5) is 0 Å². The van der Waals surface area contributed by atoms with Gasteiger partial charge in [0.1, 0.15) is 0 Å². The zero-order valence-corrected chi connectivity index (χ0v) is 7.24. The van der Waals surface area contributed by atoms with Crippen LogP contribution in [0.25, 0.3) is 0 Å². The van der Waals surface area contributed by atoms with Crippen LogP contribution in [0.15, 0.2) is 11.0 Å². The molecule has 1 nitrogen and oxygen atoms in total. The van der Waals surface area contributed by atoms with Gasteiger partial charge in [-0.1, -0.05) is 13.0 Å². The molecule has 0 spiro atoms. The first-order valence-corrected chi connectivity index (χ1v) is 4.60. The van der Waals surface area contributed by atoms with Gasteiger partial charge < -0.3 is 5.73 Å². The zero-order valence-electron chi connectivity index (χ0n) is 6.42. The Hall–Kier alpha value is 0.0500. The van der Waals surface area contributed by atoms with Crippen molar-refractivity contribution in [2.75, 3.05) is 6.54 Å². The molecule has 1 saturated carbocycles. The molecule has 0 aromatic rings. The Morgan fingerprint density at radius 2 is 2.50 bits per heavy atom. The van der Waals surface area contributed by atoms with Gasteiger partial charge in [0.05, 0.1) is 0 Å². The van der Waals surface area contributed by atoms with Crippen LogP contribution in [0.5, 0.6) is 0 Å². The third-order valence-electron chi connectivity index (χ3n) is 2.91. The summed E-state index contributed by atoms with van der Waals surface area (Å²) >= 11 is 1.99. The van der Waals surface area contributed by atoms with Gasteiger partial charge in [-0.05, 0) is 23.7 Å². The highest BCUT2D eigenvalue weighted by Gasteiger charge is 2.61. The number of hydrogen-bond acceptors (Lipinski definition) is 2. The molecule has 0 aromatic carbocycles. The molecule has 0 aromatic heterocycles. The summed E-state index contributed by atoms with van der Waals surface area (Å²) in [5, 5.41) is 0. The predicted molar refractivity (Wildman–Crippen MR) is 45.8 cm³/mol. The van der Waals surface area contributed by atoms with Gasteiger partial charge >= 0.3 is 0 Å². The first-order valence-electron chi connectivity index (χ1n) is 3.78. The van der Waals surface area contributed by atoms with E-state index in [0.29, 0.717) is 4.75 Å². The smallest absolute Gasteiger partial charge is 0.0273 e. The molecule has 0 bridgehead atoms. The van der Waals surface area contributed by atoms with Crippen molar-refractivity contribution in [1.82, 2.24) is 0 Å². The lowest BCUT2D eigenvalue weighted by atomic mass is 10.3. The molecule has 1 heterocycles. The van der Waals surface area contributed by atoms with Crippen molar-refractivity contribution < 1.29 is 0 Å². The Bertz CT molecular complexity index is 199. The van der Waals surface area contributed by atoms with Crippen molar-refractivity contribution in [1.29, 1.82) is 0 Å². The minimum atomic E-state index is 0.536. The standard InChI is InChI=1S/C8H13NS/c1-5-7-3-6(4-9)10-8(5,7)2/h3,5,7H,4,9H2,1-2H3. The van der Waals surface area contributed by atoms with E-state index in [1.54, 1.807) is 0 Å². The van der Waals surface area contributed by atoms with E-state index in [0.717, 1.165) is 18.4 Å². The monoisotopic (exact) mass is 155 g/mol. The summed E-state index contributed by atoms with van der Waals surface area (Å²) in [4.78, 5) is 1.39. The van der Waals surface area contributed by atoms with Gasteiger partial charge in [0, 0.05) is 11.3 Å². The van der Waals surface area contributed by atoms with Crippen LogP contribution in [-0.4, -0.2) is 11.3 Å². The fourth-order valence-electron chi connectivity index (χ4n) is 1.83. The lowest BCUT2D eigenvalue weighted by Crippen LogP contribution is -2.03. The minimum Gasteiger partial charge on any atom is -0.326 e. The maximum absolute atomic E-state index is 5.53. The van der Waals surface area contributed by atoms with Crippen LogP contribution in [0.1, 0.15) is 13.8 Å². The van der Waals surface area contributed by atoms with Gasteiger partial charge in [0.25, 0.3) is 0 Å². The van der Waals surface area contributed by atoms with Gasteiger partial charge in [-0.3, -0.25) is 0 Å². The van der Waals surface area contributed by atoms with Gasteiger partial charge in [-0.2, -0.15) is 0 Å². The van der Waals surface area contributed by atoms with Crippen LogP contribution < -0.4 is 5.73 Å².